The summed E-state index contributed by atoms with van der Waals surface area (Å²) in [6, 6.07) is 15.8. The molecule has 0 aliphatic heterocycles. The average molecular weight is 295 g/mol. The molecule has 0 spiro atoms. The van der Waals surface area contributed by atoms with Crippen molar-refractivity contribution in [1.29, 1.82) is 0 Å². The summed E-state index contributed by atoms with van der Waals surface area (Å²) in [6.07, 6.45) is 4.18. The summed E-state index contributed by atoms with van der Waals surface area (Å²) >= 11 is 0. The fourth-order valence-electron chi connectivity index (χ4n) is 2.17. The molecule has 0 bridgehead atoms. The number of carbonyl (C=O) groups is 1. The number of allylic oxidation sites excluding steroid dienone is 2. The van der Waals surface area contributed by atoms with Gasteiger partial charge in [-0.15, -0.1) is 0 Å². The van der Waals surface area contributed by atoms with Crippen LogP contribution in [0.1, 0.15) is 22.8 Å². The highest BCUT2D eigenvalue weighted by Gasteiger charge is 2.09. The molecule has 2 aromatic rings. The van der Waals surface area contributed by atoms with Gasteiger partial charge in [0.25, 0.3) is 5.69 Å². The van der Waals surface area contributed by atoms with E-state index >= 15 is 0 Å². The second kappa shape index (κ2) is 7.31. The van der Waals surface area contributed by atoms with Crippen LogP contribution in [0.25, 0.3) is 0 Å². The third-order valence-electron chi connectivity index (χ3n) is 3.32. The standard InChI is InChI=1S/C18H17NO3/c1-14(12-15-6-3-2-4-7-15)10-11-18(20)16-8-5-9-17(13-16)19(21)22/h2-11,13-14H,12H2,1H3. The zero-order chi connectivity index (χ0) is 15.9. The summed E-state index contributed by atoms with van der Waals surface area (Å²) in [6.45, 7) is 2.03. The first-order chi connectivity index (χ1) is 10.6. The van der Waals surface area contributed by atoms with E-state index in [-0.39, 0.29) is 17.4 Å². The van der Waals surface area contributed by atoms with Gasteiger partial charge in [0.05, 0.1) is 4.92 Å². The van der Waals surface area contributed by atoms with Crippen LogP contribution in [-0.4, -0.2) is 10.7 Å². The molecule has 0 saturated heterocycles. The number of rotatable bonds is 6. The van der Waals surface area contributed by atoms with Crippen LogP contribution in [0.15, 0.2) is 66.7 Å². The first-order valence-electron chi connectivity index (χ1n) is 7.07. The zero-order valence-corrected chi connectivity index (χ0v) is 12.3. The van der Waals surface area contributed by atoms with Gasteiger partial charge in [-0.1, -0.05) is 55.5 Å². The van der Waals surface area contributed by atoms with E-state index in [4.69, 9.17) is 0 Å². The maximum absolute atomic E-state index is 12.1. The fraction of sp³-hybridized carbons (Fsp3) is 0.167. The van der Waals surface area contributed by atoms with Gasteiger partial charge >= 0.3 is 0 Å². The lowest BCUT2D eigenvalue weighted by molar-refractivity contribution is -0.384. The van der Waals surface area contributed by atoms with Crippen molar-refractivity contribution in [3.63, 3.8) is 0 Å². The molecular weight excluding hydrogens is 278 g/mol. The molecule has 0 aliphatic rings. The van der Waals surface area contributed by atoms with E-state index in [1.165, 1.54) is 29.8 Å². The lowest BCUT2D eigenvalue weighted by Gasteiger charge is -2.05. The largest absolute Gasteiger partial charge is 0.289 e. The van der Waals surface area contributed by atoms with E-state index in [1.54, 1.807) is 6.07 Å². The topological polar surface area (TPSA) is 60.2 Å². The summed E-state index contributed by atoms with van der Waals surface area (Å²) < 4.78 is 0. The molecule has 0 aliphatic carbocycles. The lowest BCUT2D eigenvalue weighted by atomic mass is 9.99. The van der Waals surface area contributed by atoms with E-state index in [9.17, 15) is 14.9 Å². The molecule has 112 valence electrons. The van der Waals surface area contributed by atoms with Gasteiger partial charge < -0.3 is 0 Å². The molecule has 0 N–H and O–H groups in total. The quantitative estimate of drug-likeness (QED) is 0.347. The van der Waals surface area contributed by atoms with Crippen LogP contribution < -0.4 is 0 Å². The number of hydrogen-bond acceptors (Lipinski definition) is 3. The van der Waals surface area contributed by atoms with E-state index < -0.39 is 4.92 Å². The van der Waals surface area contributed by atoms with Gasteiger partial charge in [0, 0.05) is 17.7 Å². The van der Waals surface area contributed by atoms with Crippen LogP contribution in [0.4, 0.5) is 5.69 Å². The first-order valence-corrected chi connectivity index (χ1v) is 7.07. The second-order valence-corrected chi connectivity index (χ2v) is 5.20. The van der Waals surface area contributed by atoms with Crippen molar-refractivity contribution in [2.75, 3.05) is 0 Å². The lowest BCUT2D eigenvalue weighted by Crippen LogP contribution is -2.00. The smallest absolute Gasteiger partial charge is 0.270 e. The summed E-state index contributed by atoms with van der Waals surface area (Å²) in [4.78, 5) is 22.3. The molecule has 2 aromatic carbocycles. The molecule has 0 amide bonds. The Morgan fingerprint density at radius 3 is 2.59 bits per heavy atom. The van der Waals surface area contributed by atoms with E-state index in [2.05, 4.69) is 0 Å². The Morgan fingerprint density at radius 2 is 1.91 bits per heavy atom. The zero-order valence-electron chi connectivity index (χ0n) is 12.3. The number of nitro benzene ring substituents is 1. The maximum atomic E-state index is 12.1. The Morgan fingerprint density at radius 1 is 1.18 bits per heavy atom. The van der Waals surface area contributed by atoms with Crippen LogP contribution >= 0.6 is 0 Å². The van der Waals surface area contributed by atoms with Crippen molar-refractivity contribution < 1.29 is 9.72 Å². The first kappa shape index (κ1) is 15.6. The van der Waals surface area contributed by atoms with Gasteiger partial charge in [-0.2, -0.15) is 0 Å². The third-order valence-corrected chi connectivity index (χ3v) is 3.32. The number of ketones is 1. The van der Waals surface area contributed by atoms with Gasteiger partial charge in [0.2, 0.25) is 0 Å². The maximum Gasteiger partial charge on any atom is 0.270 e. The Bertz CT molecular complexity index is 692. The fourth-order valence-corrected chi connectivity index (χ4v) is 2.17. The number of nitrogens with zero attached hydrogens (tertiary/aromatic N) is 1. The Labute approximate surface area is 129 Å². The Kier molecular flexibility index (Phi) is 5.20. The van der Waals surface area contributed by atoms with Gasteiger partial charge in [-0.3, -0.25) is 14.9 Å². The monoisotopic (exact) mass is 295 g/mol. The van der Waals surface area contributed by atoms with Gasteiger partial charge in [0.15, 0.2) is 5.78 Å². The summed E-state index contributed by atoms with van der Waals surface area (Å²) in [5.41, 5.74) is 1.47. The van der Waals surface area contributed by atoms with Crippen molar-refractivity contribution in [2.24, 2.45) is 5.92 Å². The van der Waals surface area contributed by atoms with Crippen molar-refractivity contribution in [3.05, 3.63) is 88.0 Å². The van der Waals surface area contributed by atoms with Crippen molar-refractivity contribution >= 4 is 11.5 Å². The SMILES string of the molecule is CC(C=CC(=O)c1cccc([N+](=O)[O-])c1)Cc1ccccc1. The molecule has 1 unspecified atom stereocenters. The van der Waals surface area contributed by atoms with Crippen LogP contribution in [0.2, 0.25) is 0 Å². The molecule has 0 aromatic heterocycles. The summed E-state index contributed by atoms with van der Waals surface area (Å²) in [5, 5.41) is 10.7. The van der Waals surface area contributed by atoms with Gasteiger partial charge in [-0.05, 0) is 24.0 Å². The minimum atomic E-state index is -0.501. The Balaban J connectivity index is 2.01. The number of nitro groups is 1. The third kappa shape index (κ3) is 4.38. The molecule has 22 heavy (non-hydrogen) atoms. The normalized spacial score (nSPS) is 12.2. The predicted molar refractivity (Wildman–Crippen MR) is 85.9 cm³/mol. The van der Waals surface area contributed by atoms with Crippen molar-refractivity contribution in [3.8, 4) is 0 Å². The predicted octanol–water partition coefficient (Wildman–Crippen LogP) is 4.21. The summed E-state index contributed by atoms with van der Waals surface area (Å²) in [5.74, 6) is -0.00587. The van der Waals surface area contributed by atoms with Gasteiger partial charge in [-0.25, -0.2) is 0 Å². The molecule has 4 nitrogen and oxygen atoms in total. The molecule has 2 rings (SSSR count). The number of benzene rings is 2. The molecule has 0 saturated carbocycles. The van der Waals surface area contributed by atoms with Crippen LogP contribution in [0.3, 0.4) is 0 Å². The minimum Gasteiger partial charge on any atom is -0.289 e. The highest BCUT2D eigenvalue weighted by Crippen LogP contribution is 2.15. The molecule has 0 fully saturated rings. The average Bonchev–Trinajstić information content (AvgIpc) is 2.53. The highest BCUT2D eigenvalue weighted by molar-refractivity contribution is 6.04. The van der Waals surface area contributed by atoms with Crippen molar-refractivity contribution in [1.82, 2.24) is 0 Å². The molecule has 1 atom stereocenters. The van der Waals surface area contributed by atoms with Crippen molar-refractivity contribution in [2.45, 2.75) is 13.3 Å². The minimum absolute atomic E-state index is 0.0726. The van der Waals surface area contributed by atoms with E-state index in [1.807, 2.05) is 43.3 Å². The Hall–Kier alpha value is -2.75. The van der Waals surface area contributed by atoms with E-state index in [0.29, 0.717) is 5.56 Å². The summed E-state index contributed by atoms with van der Waals surface area (Å²) in [7, 11) is 0. The second-order valence-electron chi connectivity index (χ2n) is 5.20. The molecule has 4 heteroatoms. The molecular formula is C18H17NO3. The number of carbonyl (C=O) groups excluding carboxylic acids is 1. The highest BCUT2D eigenvalue weighted by atomic mass is 16.6. The van der Waals surface area contributed by atoms with Gasteiger partial charge in [0.1, 0.15) is 0 Å². The van der Waals surface area contributed by atoms with E-state index in [0.717, 1.165) is 6.42 Å². The number of non-ortho nitro benzene ring substituents is 1. The molecule has 0 heterocycles. The van der Waals surface area contributed by atoms with Crippen LogP contribution in [-0.2, 0) is 6.42 Å². The molecule has 0 radical (unpaired) electrons. The van der Waals surface area contributed by atoms with Crippen LogP contribution in [0.5, 0.6) is 0 Å². The van der Waals surface area contributed by atoms with Crippen LogP contribution in [0, 0.1) is 16.0 Å². The number of hydrogen-bond donors (Lipinski definition) is 0.